The average Bonchev–Trinajstić information content (AvgIpc) is 2.23. The lowest BCUT2D eigenvalue weighted by atomic mass is 9.86. The lowest BCUT2D eigenvalue weighted by molar-refractivity contribution is 0.384. The van der Waals surface area contributed by atoms with Gasteiger partial charge in [0.05, 0.1) is 7.11 Å². The third kappa shape index (κ3) is 1.40. The van der Waals surface area contributed by atoms with Gasteiger partial charge in [-0.05, 0) is 18.6 Å². The molecule has 0 amide bonds. The molecule has 1 aliphatic heterocycles. The Morgan fingerprint density at radius 2 is 2.14 bits per heavy atom. The Bertz CT molecular complexity index is 321. The molecule has 0 bridgehead atoms. The van der Waals surface area contributed by atoms with Gasteiger partial charge in [-0.1, -0.05) is 19.1 Å². The van der Waals surface area contributed by atoms with E-state index < -0.39 is 0 Å². The molecule has 2 unspecified atom stereocenters. The summed E-state index contributed by atoms with van der Waals surface area (Å²) in [5.41, 5.74) is 2.75. The van der Waals surface area contributed by atoms with Crippen LogP contribution in [0.4, 0.5) is 0 Å². The highest BCUT2D eigenvalue weighted by Crippen LogP contribution is 2.34. The molecule has 0 fully saturated rings. The van der Waals surface area contributed by atoms with Crippen LogP contribution in [0.3, 0.4) is 0 Å². The first-order chi connectivity index (χ1) is 6.74. The molecule has 76 valence electrons. The summed E-state index contributed by atoms with van der Waals surface area (Å²) in [6.07, 6.45) is 0. The van der Waals surface area contributed by atoms with Crippen LogP contribution in [0.15, 0.2) is 18.2 Å². The van der Waals surface area contributed by atoms with Gasteiger partial charge in [0, 0.05) is 24.1 Å². The van der Waals surface area contributed by atoms with Gasteiger partial charge in [0.15, 0.2) is 0 Å². The summed E-state index contributed by atoms with van der Waals surface area (Å²) in [6, 6.07) is 6.81. The summed E-state index contributed by atoms with van der Waals surface area (Å²) in [5.74, 6) is 1.55. The first-order valence-corrected chi connectivity index (χ1v) is 5.13. The summed E-state index contributed by atoms with van der Waals surface area (Å²) < 4.78 is 5.40. The van der Waals surface area contributed by atoms with Crippen LogP contribution in [-0.2, 0) is 6.54 Å². The quantitative estimate of drug-likeness (QED) is 0.735. The Morgan fingerprint density at radius 3 is 2.86 bits per heavy atom. The highest BCUT2D eigenvalue weighted by molar-refractivity contribution is 5.44. The molecule has 1 aromatic rings. The summed E-state index contributed by atoms with van der Waals surface area (Å²) in [4.78, 5) is 0. The number of rotatable bonds is 1. The van der Waals surface area contributed by atoms with Crippen molar-refractivity contribution in [2.45, 2.75) is 32.4 Å². The lowest BCUT2D eigenvalue weighted by Crippen LogP contribution is -2.35. The van der Waals surface area contributed by atoms with E-state index in [1.54, 1.807) is 7.11 Å². The molecule has 14 heavy (non-hydrogen) atoms. The zero-order valence-corrected chi connectivity index (χ0v) is 9.00. The van der Waals surface area contributed by atoms with Crippen LogP contribution in [0.1, 0.15) is 30.9 Å². The zero-order valence-electron chi connectivity index (χ0n) is 9.00. The van der Waals surface area contributed by atoms with Gasteiger partial charge in [0.2, 0.25) is 0 Å². The van der Waals surface area contributed by atoms with Crippen molar-refractivity contribution in [3.05, 3.63) is 29.3 Å². The monoisotopic (exact) mass is 191 g/mol. The Morgan fingerprint density at radius 1 is 1.36 bits per heavy atom. The predicted molar refractivity (Wildman–Crippen MR) is 57.7 cm³/mol. The van der Waals surface area contributed by atoms with Crippen LogP contribution in [0.2, 0.25) is 0 Å². The van der Waals surface area contributed by atoms with E-state index in [1.165, 1.54) is 11.1 Å². The minimum atomic E-state index is 0.523. The molecule has 2 rings (SSSR count). The van der Waals surface area contributed by atoms with Gasteiger partial charge in [-0.3, -0.25) is 0 Å². The smallest absolute Gasteiger partial charge is 0.122 e. The summed E-state index contributed by atoms with van der Waals surface area (Å²) in [7, 11) is 1.75. The second-order valence-electron chi connectivity index (χ2n) is 3.99. The first kappa shape index (κ1) is 9.53. The zero-order chi connectivity index (χ0) is 10.1. The van der Waals surface area contributed by atoms with Crippen molar-refractivity contribution in [3.8, 4) is 5.75 Å². The summed E-state index contributed by atoms with van der Waals surface area (Å²) in [6.45, 7) is 5.43. The number of hydrogen-bond acceptors (Lipinski definition) is 2. The van der Waals surface area contributed by atoms with E-state index in [0.717, 1.165) is 12.3 Å². The molecule has 0 saturated heterocycles. The third-order valence-corrected chi connectivity index (χ3v) is 3.20. The van der Waals surface area contributed by atoms with E-state index in [4.69, 9.17) is 4.74 Å². The van der Waals surface area contributed by atoms with Crippen LogP contribution >= 0.6 is 0 Å². The number of fused-ring (bicyclic) bond motifs is 1. The fraction of sp³-hybridized carbons (Fsp3) is 0.500. The van der Waals surface area contributed by atoms with Gasteiger partial charge in [-0.2, -0.15) is 0 Å². The molecule has 1 aromatic carbocycles. The van der Waals surface area contributed by atoms with Crippen molar-refractivity contribution in [3.63, 3.8) is 0 Å². The highest BCUT2D eigenvalue weighted by atomic mass is 16.5. The van der Waals surface area contributed by atoms with Crippen LogP contribution in [0.25, 0.3) is 0 Å². The molecule has 2 nitrogen and oxygen atoms in total. The minimum Gasteiger partial charge on any atom is -0.496 e. The molecular formula is C12H17NO. The van der Waals surface area contributed by atoms with Gasteiger partial charge in [0.25, 0.3) is 0 Å². The second-order valence-corrected chi connectivity index (χ2v) is 3.99. The second kappa shape index (κ2) is 3.62. The molecule has 0 aliphatic carbocycles. The Balaban J connectivity index is 2.49. The SMILES string of the molecule is COc1cccc2c1C(C)C(C)NC2. The van der Waals surface area contributed by atoms with Crippen molar-refractivity contribution in [1.82, 2.24) is 5.32 Å². The summed E-state index contributed by atoms with van der Waals surface area (Å²) >= 11 is 0. The van der Waals surface area contributed by atoms with Crippen molar-refractivity contribution in [1.29, 1.82) is 0 Å². The van der Waals surface area contributed by atoms with Crippen molar-refractivity contribution in [2.24, 2.45) is 0 Å². The van der Waals surface area contributed by atoms with E-state index >= 15 is 0 Å². The Kier molecular flexibility index (Phi) is 2.46. The first-order valence-electron chi connectivity index (χ1n) is 5.13. The Labute approximate surface area is 85.3 Å². The number of benzene rings is 1. The van der Waals surface area contributed by atoms with Gasteiger partial charge in [0.1, 0.15) is 5.75 Å². The van der Waals surface area contributed by atoms with Crippen LogP contribution in [0, 0.1) is 0 Å². The molecule has 2 heteroatoms. The van der Waals surface area contributed by atoms with E-state index in [1.807, 2.05) is 6.07 Å². The van der Waals surface area contributed by atoms with Crippen LogP contribution < -0.4 is 10.1 Å². The number of hydrogen-bond donors (Lipinski definition) is 1. The van der Waals surface area contributed by atoms with Gasteiger partial charge in [-0.15, -0.1) is 0 Å². The molecule has 1 N–H and O–H groups in total. The molecule has 0 radical (unpaired) electrons. The molecule has 1 heterocycles. The van der Waals surface area contributed by atoms with E-state index in [-0.39, 0.29) is 0 Å². The van der Waals surface area contributed by atoms with Gasteiger partial charge in [-0.25, -0.2) is 0 Å². The summed E-state index contributed by atoms with van der Waals surface area (Å²) in [5, 5.41) is 3.48. The van der Waals surface area contributed by atoms with E-state index in [9.17, 15) is 0 Å². The Hall–Kier alpha value is -1.02. The van der Waals surface area contributed by atoms with Crippen molar-refractivity contribution in [2.75, 3.05) is 7.11 Å². The maximum absolute atomic E-state index is 5.40. The maximum Gasteiger partial charge on any atom is 0.122 e. The van der Waals surface area contributed by atoms with Gasteiger partial charge >= 0.3 is 0 Å². The fourth-order valence-electron chi connectivity index (χ4n) is 2.14. The molecule has 1 aliphatic rings. The largest absolute Gasteiger partial charge is 0.496 e. The normalized spacial score (nSPS) is 25.6. The highest BCUT2D eigenvalue weighted by Gasteiger charge is 2.25. The fourth-order valence-corrected chi connectivity index (χ4v) is 2.14. The third-order valence-electron chi connectivity index (χ3n) is 3.20. The topological polar surface area (TPSA) is 21.3 Å². The number of methoxy groups -OCH3 is 1. The van der Waals surface area contributed by atoms with Crippen molar-refractivity contribution >= 4 is 0 Å². The number of nitrogens with one attached hydrogen (secondary N) is 1. The van der Waals surface area contributed by atoms with Crippen LogP contribution in [-0.4, -0.2) is 13.2 Å². The maximum atomic E-state index is 5.40. The number of ether oxygens (including phenoxy) is 1. The van der Waals surface area contributed by atoms with E-state index in [2.05, 4.69) is 31.3 Å². The average molecular weight is 191 g/mol. The molecule has 2 atom stereocenters. The van der Waals surface area contributed by atoms with Gasteiger partial charge < -0.3 is 10.1 Å². The van der Waals surface area contributed by atoms with Crippen LogP contribution in [0.5, 0.6) is 5.75 Å². The predicted octanol–water partition coefficient (Wildman–Crippen LogP) is 2.29. The molecule has 0 spiro atoms. The molecule has 0 saturated carbocycles. The minimum absolute atomic E-state index is 0.523. The standard InChI is InChI=1S/C12H17NO/c1-8-9(2)13-7-10-5-4-6-11(14-3)12(8)10/h4-6,8-9,13H,7H2,1-3H3. The van der Waals surface area contributed by atoms with E-state index in [0.29, 0.717) is 12.0 Å². The van der Waals surface area contributed by atoms with Crippen molar-refractivity contribution < 1.29 is 4.74 Å². The molecule has 0 aromatic heterocycles. The molecular weight excluding hydrogens is 174 g/mol. The lowest BCUT2D eigenvalue weighted by Gasteiger charge is -2.31.